The average molecular weight is 372 g/mol. The Labute approximate surface area is 147 Å². The van der Waals surface area contributed by atoms with Crippen LogP contribution in [0.5, 0.6) is 5.75 Å². The van der Waals surface area contributed by atoms with Gasteiger partial charge in [0.25, 0.3) is 5.56 Å². The van der Waals surface area contributed by atoms with E-state index in [0.717, 1.165) is 6.42 Å². The Hall–Kier alpha value is -2.12. The molecule has 0 amide bonds. The van der Waals surface area contributed by atoms with Crippen molar-refractivity contribution in [1.82, 2.24) is 9.97 Å². The lowest BCUT2D eigenvalue weighted by atomic mass is 10.0. The first-order valence-corrected chi connectivity index (χ1v) is 8.50. The summed E-state index contributed by atoms with van der Waals surface area (Å²) in [5.74, 6) is -7.79. The van der Waals surface area contributed by atoms with Crippen molar-refractivity contribution in [2.75, 3.05) is 7.11 Å². The fourth-order valence-electron chi connectivity index (χ4n) is 3.12. The Morgan fingerprint density at radius 1 is 1.31 bits per heavy atom. The van der Waals surface area contributed by atoms with Crippen LogP contribution < -0.4 is 10.3 Å². The van der Waals surface area contributed by atoms with Crippen LogP contribution in [0.4, 0.5) is 17.6 Å². The third kappa shape index (κ3) is 3.41. The number of ether oxygens (including phenoxy) is 1. The number of methoxy groups -OCH3 is 1. The summed E-state index contributed by atoms with van der Waals surface area (Å²) in [6, 6.07) is 4.17. The van der Waals surface area contributed by atoms with Gasteiger partial charge < -0.3 is 9.72 Å². The number of aromatic amines is 1. The molecule has 8 heteroatoms. The third-order valence-corrected chi connectivity index (χ3v) is 5.00. The number of fused-ring (bicyclic) bond motifs is 1. The largest absolute Gasteiger partial charge is 0.497 e. The fraction of sp³-hybridized carbons (Fsp3) is 0.556. The van der Waals surface area contributed by atoms with Gasteiger partial charge in [0.15, 0.2) is 5.69 Å². The first-order valence-electron chi connectivity index (χ1n) is 8.50. The summed E-state index contributed by atoms with van der Waals surface area (Å²) < 4.78 is 62.2. The standard InChI is InChI=1S/C18H20F4N2O2/c1-10-8-11(10)4-3-7-17(19,20)18(21,22)15-16(25)24-14-9-12(26-2)5-6-13(14)23-15/h5-6,9-11H,3-4,7-8H2,1-2H3,(H,24,25)/t10?,11-/m1/s1. The van der Waals surface area contributed by atoms with Crippen molar-refractivity contribution < 1.29 is 22.3 Å². The average Bonchev–Trinajstić information content (AvgIpc) is 3.28. The van der Waals surface area contributed by atoms with Gasteiger partial charge in [-0.25, -0.2) is 4.98 Å². The molecule has 1 fully saturated rings. The maximum atomic E-state index is 14.4. The quantitative estimate of drug-likeness (QED) is 0.729. The molecule has 1 N–H and O–H groups in total. The lowest BCUT2D eigenvalue weighted by molar-refractivity contribution is -0.222. The summed E-state index contributed by atoms with van der Waals surface area (Å²) in [5, 5.41) is 0. The predicted molar refractivity (Wildman–Crippen MR) is 88.9 cm³/mol. The summed E-state index contributed by atoms with van der Waals surface area (Å²) in [5.41, 5.74) is -2.66. The van der Waals surface area contributed by atoms with Crippen LogP contribution in [-0.4, -0.2) is 23.0 Å². The van der Waals surface area contributed by atoms with E-state index >= 15 is 0 Å². The van der Waals surface area contributed by atoms with Crippen LogP contribution in [-0.2, 0) is 5.92 Å². The minimum atomic E-state index is -4.65. The van der Waals surface area contributed by atoms with Gasteiger partial charge in [0, 0.05) is 12.5 Å². The summed E-state index contributed by atoms with van der Waals surface area (Å²) in [4.78, 5) is 17.7. The summed E-state index contributed by atoms with van der Waals surface area (Å²) >= 11 is 0. The molecule has 0 radical (unpaired) electrons. The van der Waals surface area contributed by atoms with Crippen LogP contribution in [0.3, 0.4) is 0 Å². The molecule has 26 heavy (non-hydrogen) atoms. The van der Waals surface area contributed by atoms with Gasteiger partial charge in [-0.05, 0) is 43.2 Å². The highest BCUT2D eigenvalue weighted by Gasteiger charge is 2.59. The lowest BCUT2D eigenvalue weighted by Crippen LogP contribution is -2.42. The van der Waals surface area contributed by atoms with Gasteiger partial charge in [-0.15, -0.1) is 0 Å². The van der Waals surface area contributed by atoms with E-state index in [9.17, 15) is 22.4 Å². The monoisotopic (exact) mass is 372 g/mol. The molecule has 4 nitrogen and oxygen atoms in total. The first kappa shape index (κ1) is 18.7. The Morgan fingerprint density at radius 2 is 2.00 bits per heavy atom. The summed E-state index contributed by atoms with van der Waals surface area (Å²) in [7, 11) is 1.40. The first-order chi connectivity index (χ1) is 12.2. The topological polar surface area (TPSA) is 55.0 Å². The second-order valence-electron chi connectivity index (χ2n) is 6.94. The van der Waals surface area contributed by atoms with Gasteiger partial charge in [-0.3, -0.25) is 4.79 Å². The molecule has 1 aromatic carbocycles. The van der Waals surface area contributed by atoms with E-state index in [-0.39, 0.29) is 17.5 Å². The number of hydrogen-bond donors (Lipinski definition) is 1. The molecule has 142 valence electrons. The summed E-state index contributed by atoms with van der Waals surface area (Å²) in [6.45, 7) is 2.00. The van der Waals surface area contributed by atoms with Crippen molar-refractivity contribution >= 4 is 11.0 Å². The number of halogens is 4. The molecular weight excluding hydrogens is 352 g/mol. The maximum Gasteiger partial charge on any atom is 0.357 e. The molecule has 1 aliphatic carbocycles. The maximum absolute atomic E-state index is 14.4. The number of benzene rings is 1. The molecule has 0 aliphatic heterocycles. The highest BCUT2D eigenvalue weighted by Crippen LogP contribution is 2.46. The minimum Gasteiger partial charge on any atom is -0.497 e. The van der Waals surface area contributed by atoms with Gasteiger partial charge in [0.05, 0.1) is 18.1 Å². The van der Waals surface area contributed by atoms with Crippen LogP contribution in [0, 0.1) is 11.8 Å². The smallest absolute Gasteiger partial charge is 0.357 e. The van der Waals surface area contributed by atoms with Gasteiger partial charge in [0.2, 0.25) is 0 Å². The van der Waals surface area contributed by atoms with E-state index in [1.54, 1.807) is 0 Å². The fourth-order valence-corrected chi connectivity index (χ4v) is 3.12. The lowest BCUT2D eigenvalue weighted by Gasteiger charge is -2.25. The van der Waals surface area contributed by atoms with Crippen molar-refractivity contribution in [3.63, 3.8) is 0 Å². The van der Waals surface area contributed by atoms with Crippen LogP contribution in [0.1, 0.15) is 38.3 Å². The van der Waals surface area contributed by atoms with Gasteiger partial charge in [-0.2, -0.15) is 17.6 Å². The molecule has 1 aromatic heterocycles. The van der Waals surface area contributed by atoms with Crippen LogP contribution >= 0.6 is 0 Å². The molecule has 1 unspecified atom stereocenters. The van der Waals surface area contributed by atoms with Gasteiger partial charge >= 0.3 is 11.8 Å². The van der Waals surface area contributed by atoms with Crippen molar-refractivity contribution in [1.29, 1.82) is 0 Å². The molecule has 0 bridgehead atoms. The molecule has 1 aliphatic rings. The Kier molecular flexibility index (Phi) is 4.71. The van der Waals surface area contributed by atoms with Crippen LogP contribution in [0.15, 0.2) is 23.0 Å². The Morgan fingerprint density at radius 3 is 2.62 bits per heavy atom. The zero-order chi connectivity index (χ0) is 19.1. The van der Waals surface area contributed by atoms with Crippen molar-refractivity contribution in [3.05, 3.63) is 34.2 Å². The molecule has 1 saturated carbocycles. The van der Waals surface area contributed by atoms with E-state index in [1.165, 1.54) is 25.3 Å². The SMILES string of the molecule is COc1ccc2nc(C(F)(F)C(F)(F)CCC[C@@H]3CC3C)c(=O)[nH]c2c1. The molecule has 1 heterocycles. The van der Waals surface area contributed by atoms with E-state index in [0.29, 0.717) is 24.0 Å². The highest BCUT2D eigenvalue weighted by atomic mass is 19.3. The highest BCUT2D eigenvalue weighted by molar-refractivity contribution is 5.75. The molecular formula is C18H20F4N2O2. The number of aromatic nitrogens is 2. The van der Waals surface area contributed by atoms with E-state index in [4.69, 9.17) is 4.74 Å². The number of H-pyrrole nitrogens is 1. The normalized spacial score (nSPS) is 20.4. The third-order valence-electron chi connectivity index (χ3n) is 5.00. The molecule has 3 rings (SSSR count). The van der Waals surface area contributed by atoms with Crippen LogP contribution in [0.25, 0.3) is 11.0 Å². The number of nitrogens with one attached hydrogen (secondary N) is 1. The van der Waals surface area contributed by atoms with Crippen molar-refractivity contribution in [2.45, 2.75) is 44.5 Å². The van der Waals surface area contributed by atoms with Gasteiger partial charge in [-0.1, -0.05) is 6.92 Å². The Balaban J connectivity index is 1.86. The van der Waals surface area contributed by atoms with Crippen molar-refractivity contribution in [2.24, 2.45) is 11.8 Å². The molecule has 0 spiro atoms. The second kappa shape index (κ2) is 6.55. The number of rotatable bonds is 7. The van der Waals surface area contributed by atoms with E-state index < -0.39 is 29.5 Å². The van der Waals surface area contributed by atoms with Crippen LogP contribution in [0.2, 0.25) is 0 Å². The van der Waals surface area contributed by atoms with E-state index in [2.05, 4.69) is 9.97 Å². The van der Waals surface area contributed by atoms with Crippen molar-refractivity contribution in [3.8, 4) is 5.75 Å². The van der Waals surface area contributed by atoms with Gasteiger partial charge in [0.1, 0.15) is 5.75 Å². The molecule has 2 atom stereocenters. The summed E-state index contributed by atoms with van der Waals surface area (Å²) in [6.07, 6.45) is 0.455. The Bertz CT molecular complexity index is 866. The minimum absolute atomic E-state index is 0.0114. The second-order valence-corrected chi connectivity index (χ2v) is 6.94. The number of nitrogens with zero attached hydrogens (tertiary/aromatic N) is 1. The number of alkyl halides is 4. The zero-order valence-electron chi connectivity index (χ0n) is 14.5. The number of hydrogen-bond acceptors (Lipinski definition) is 3. The predicted octanol–water partition coefficient (Wildman–Crippen LogP) is 4.49. The van der Waals surface area contributed by atoms with E-state index in [1.807, 2.05) is 6.92 Å². The molecule has 2 aromatic rings. The molecule has 0 saturated heterocycles. The zero-order valence-corrected chi connectivity index (χ0v) is 14.5.